The van der Waals surface area contributed by atoms with Gasteiger partial charge in [-0.25, -0.2) is 9.18 Å². The summed E-state index contributed by atoms with van der Waals surface area (Å²) < 4.78 is 18.0. The Bertz CT molecular complexity index is 659. The normalized spacial score (nSPS) is 18.0. The van der Waals surface area contributed by atoms with Crippen molar-refractivity contribution in [3.63, 3.8) is 0 Å². The van der Waals surface area contributed by atoms with Crippen LogP contribution in [-0.4, -0.2) is 34.7 Å². The van der Waals surface area contributed by atoms with Gasteiger partial charge in [0.2, 0.25) is 0 Å². The molecule has 0 bridgehead atoms. The maximum Gasteiger partial charge on any atom is 0.329 e. The van der Waals surface area contributed by atoms with E-state index in [1.54, 1.807) is 13.0 Å². The number of nitrogens with zero attached hydrogens (tertiary/aromatic N) is 1. The van der Waals surface area contributed by atoms with E-state index < -0.39 is 29.0 Å². The van der Waals surface area contributed by atoms with Gasteiger partial charge in [0, 0.05) is 0 Å². The molecule has 1 aliphatic rings. The molecule has 1 saturated heterocycles. The maximum atomic E-state index is 13.2. The fourth-order valence-electron chi connectivity index (χ4n) is 1.93. The van der Waals surface area contributed by atoms with Crippen molar-refractivity contribution in [2.75, 3.05) is 6.61 Å². The monoisotopic (exact) mass is 323 g/mol. The number of benzene rings is 1. The van der Waals surface area contributed by atoms with Crippen LogP contribution in [0.15, 0.2) is 29.2 Å². The first-order chi connectivity index (χ1) is 10.4. The molecule has 0 radical (unpaired) electrons. The summed E-state index contributed by atoms with van der Waals surface area (Å²) in [4.78, 5) is 36.9. The zero-order chi connectivity index (χ0) is 16.3. The van der Waals surface area contributed by atoms with Gasteiger partial charge >= 0.3 is 5.97 Å². The number of thioether (sulfide) groups is 1. The molecule has 1 atom stereocenters. The number of rotatable bonds is 4. The lowest BCUT2D eigenvalue weighted by molar-refractivity contribution is -0.150. The van der Waals surface area contributed by atoms with Crippen molar-refractivity contribution in [1.29, 1.82) is 0 Å². The van der Waals surface area contributed by atoms with Crippen molar-refractivity contribution in [3.05, 3.63) is 40.6 Å². The van der Waals surface area contributed by atoms with E-state index in [-0.39, 0.29) is 11.5 Å². The summed E-state index contributed by atoms with van der Waals surface area (Å²) in [7, 11) is 0. The van der Waals surface area contributed by atoms with Crippen LogP contribution in [0, 0.1) is 5.82 Å². The molecule has 116 valence electrons. The van der Waals surface area contributed by atoms with Crippen molar-refractivity contribution < 1.29 is 23.5 Å². The van der Waals surface area contributed by atoms with E-state index >= 15 is 0 Å². The molecule has 2 rings (SSSR count). The van der Waals surface area contributed by atoms with Gasteiger partial charge in [0.1, 0.15) is 11.9 Å². The van der Waals surface area contributed by atoms with Crippen molar-refractivity contribution in [2.24, 2.45) is 0 Å². The van der Waals surface area contributed by atoms with Crippen LogP contribution in [0.2, 0.25) is 0 Å². The average molecular weight is 323 g/mol. The highest BCUT2D eigenvalue weighted by molar-refractivity contribution is 8.18. The molecule has 0 aliphatic carbocycles. The Morgan fingerprint density at radius 2 is 2.18 bits per heavy atom. The molecule has 0 spiro atoms. The molecule has 1 aliphatic heterocycles. The fraction of sp³-hybridized carbons (Fsp3) is 0.267. The molecule has 1 unspecified atom stereocenters. The minimum absolute atomic E-state index is 0.145. The molecule has 2 amide bonds. The first-order valence-corrected chi connectivity index (χ1v) is 7.45. The Labute approximate surface area is 131 Å². The summed E-state index contributed by atoms with van der Waals surface area (Å²) in [5.74, 6) is -1.66. The third-order valence-corrected chi connectivity index (χ3v) is 3.87. The van der Waals surface area contributed by atoms with Gasteiger partial charge in [0.15, 0.2) is 0 Å². The molecule has 0 saturated carbocycles. The first kappa shape index (κ1) is 16.2. The Kier molecular flexibility index (Phi) is 4.97. The molecule has 7 heteroatoms. The molecule has 1 heterocycles. The zero-order valence-electron chi connectivity index (χ0n) is 12.0. The quantitative estimate of drug-likeness (QED) is 0.630. The summed E-state index contributed by atoms with van der Waals surface area (Å²) in [5.41, 5.74) is 0.467. The van der Waals surface area contributed by atoms with Gasteiger partial charge in [0.25, 0.3) is 11.1 Å². The zero-order valence-corrected chi connectivity index (χ0v) is 12.9. The van der Waals surface area contributed by atoms with Gasteiger partial charge in [-0.05, 0) is 49.4 Å². The van der Waals surface area contributed by atoms with Crippen molar-refractivity contribution >= 4 is 35.0 Å². The summed E-state index contributed by atoms with van der Waals surface area (Å²) in [5, 5.41) is -0.548. The average Bonchev–Trinajstić information content (AvgIpc) is 2.73. The summed E-state index contributed by atoms with van der Waals surface area (Å²) in [6.07, 6.45) is 1.42. The number of ether oxygens (including phenoxy) is 1. The molecule has 0 aromatic heterocycles. The number of esters is 1. The van der Waals surface area contributed by atoms with Gasteiger partial charge in [0.05, 0.1) is 11.5 Å². The highest BCUT2D eigenvalue weighted by Gasteiger charge is 2.41. The predicted molar refractivity (Wildman–Crippen MR) is 80.3 cm³/mol. The van der Waals surface area contributed by atoms with E-state index in [1.165, 1.54) is 31.2 Å². The van der Waals surface area contributed by atoms with Crippen LogP contribution in [0.3, 0.4) is 0 Å². The fourth-order valence-corrected chi connectivity index (χ4v) is 2.84. The maximum absolute atomic E-state index is 13.2. The third-order valence-electron chi connectivity index (χ3n) is 2.98. The summed E-state index contributed by atoms with van der Waals surface area (Å²) in [6, 6.07) is 4.67. The van der Waals surface area contributed by atoms with E-state index in [9.17, 15) is 18.8 Å². The van der Waals surface area contributed by atoms with Crippen LogP contribution in [0.4, 0.5) is 9.18 Å². The van der Waals surface area contributed by atoms with Crippen molar-refractivity contribution in [1.82, 2.24) is 4.90 Å². The first-order valence-electron chi connectivity index (χ1n) is 6.63. The number of halogens is 1. The van der Waals surface area contributed by atoms with E-state index in [0.29, 0.717) is 17.3 Å². The molecular weight excluding hydrogens is 309 g/mol. The second kappa shape index (κ2) is 6.74. The summed E-state index contributed by atoms with van der Waals surface area (Å²) in [6.45, 7) is 3.24. The van der Waals surface area contributed by atoms with Gasteiger partial charge in [-0.3, -0.25) is 14.5 Å². The Hall–Kier alpha value is -2.15. The highest BCUT2D eigenvalue weighted by atomic mass is 32.2. The van der Waals surface area contributed by atoms with Crippen molar-refractivity contribution in [2.45, 2.75) is 19.9 Å². The van der Waals surface area contributed by atoms with Gasteiger partial charge in [-0.2, -0.15) is 0 Å². The number of hydrogen-bond donors (Lipinski definition) is 0. The summed E-state index contributed by atoms with van der Waals surface area (Å²) >= 11 is 0.715. The lowest BCUT2D eigenvalue weighted by Gasteiger charge is -2.19. The predicted octanol–water partition coefficient (Wildman–Crippen LogP) is 2.81. The molecule has 1 aromatic rings. The Morgan fingerprint density at radius 1 is 1.45 bits per heavy atom. The Balaban J connectivity index is 2.23. The van der Waals surface area contributed by atoms with Crippen LogP contribution >= 0.6 is 11.8 Å². The Morgan fingerprint density at radius 3 is 2.82 bits per heavy atom. The minimum Gasteiger partial charge on any atom is -0.464 e. The molecule has 1 aromatic carbocycles. The SMILES string of the molecule is CCOC(=O)C(C)N1C(=O)S/C(=C\c2cccc(F)c2)C1=O. The second-order valence-corrected chi connectivity index (χ2v) is 5.53. The smallest absolute Gasteiger partial charge is 0.329 e. The molecular formula is C15H14FNO4S. The van der Waals surface area contributed by atoms with Gasteiger partial charge < -0.3 is 4.74 Å². The molecule has 1 fully saturated rings. The molecule has 22 heavy (non-hydrogen) atoms. The standard InChI is InChI=1S/C15H14FNO4S/c1-3-21-14(19)9(2)17-13(18)12(22-15(17)20)8-10-5-4-6-11(16)7-10/h4-9H,3H2,1-2H3/b12-8-. The second-order valence-electron chi connectivity index (χ2n) is 4.53. The number of imide groups is 1. The minimum atomic E-state index is -0.995. The topological polar surface area (TPSA) is 63.7 Å². The molecule has 0 N–H and O–H groups in total. The highest BCUT2D eigenvalue weighted by Crippen LogP contribution is 2.33. The van der Waals surface area contributed by atoms with Crippen LogP contribution in [0.5, 0.6) is 0 Å². The number of carbonyl (C=O) groups excluding carboxylic acids is 3. The van der Waals surface area contributed by atoms with Crippen LogP contribution < -0.4 is 0 Å². The van der Waals surface area contributed by atoms with Gasteiger partial charge in [-0.15, -0.1) is 0 Å². The largest absolute Gasteiger partial charge is 0.464 e. The number of hydrogen-bond acceptors (Lipinski definition) is 5. The van der Waals surface area contributed by atoms with E-state index in [0.717, 1.165) is 4.90 Å². The molecule has 5 nitrogen and oxygen atoms in total. The van der Waals surface area contributed by atoms with E-state index in [4.69, 9.17) is 4.74 Å². The third kappa shape index (κ3) is 3.36. The number of amides is 2. The lowest BCUT2D eigenvalue weighted by Crippen LogP contribution is -2.42. The van der Waals surface area contributed by atoms with Crippen LogP contribution in [0.25, 0.3) is 6.08 Å². The van der Waals surface area contributed by atoms with E-state index in [2.05, 4.69) is 0 Å². The van der Waals surface area contributed by atoms with Crippen LogP contribution in [0.1, 0.15) is 19.4 Å². The number of carbonyl (C=O) groups is 3. The van der Waals surface area contributed by atoms with E-state index in [1.807, 2.05) is 0 Å². The lowest BCUT2D eigenvalue weighted by atomic mass is 10.2. The van der Waals surface area contributed by atoms with Gasteiger partial charge in [-0.1, -0.05) is 12.1 Å². The van der Waals surface area contributed by atoms with Crippen molar-refractivity contribution in [3.8, 4) is 0 Å². The van der Waals surface area contributed by atoms with Crippen LogP contribution in [-0.2, 0) is 14.3 Å².